The molecule has 0 radical (unpaired) electrons. The first-order valence-electron chi connectivity index (χ1n) is 7.29. The summed E-state index contributed by atoms with van der Waals surface area (Å²) >= 11 is 0. The van der Waals surface area contributed by atoms with Crippen LogP contribution in [0.3, 0.4) is 0 Å². The lowest BCUT2D eigenvalue weighted by atomic mass is 10.1. The molecule has 0 aromatic heterocycles. The fourth-order valence-electron chi connectivity index (χ4n) is 2.11. The van der Waals surface area contributed by atoms with E-state index in [0.29, 0.717) is 19.7 Å². The minimum absolute atomic E-state index is 0.0444. The number of hydrogen-bond acceptors (Lipinski definition) is 4. The molecule has 0 aliphatic rings. The van der Waals surface area contributed by atoms with Gasteiger partial charge in [0.25, 0.3) is 0 Å². The molecule has 0 saturated heterocycles. The second kappa shape index (κ2) is 9.50. The Hall–Kier alpha value is -1.43. The van der Waals surface area contributed by atoms with Gasteiger partial charge in [-0.15, -0.1) is 0 Å². The molecule has 1 aromatic carbocycles. The van der Waals surface area contributed by atoms with E-state index in [1.165, 1.54) is 0 Å². The molecule has 0 heterocycles. The summed E-state index contributed by atoms with van der Waals surface area (Å²) in [5, 5.41) is 0. The zero-order valence-corrected chi connectivity index (χ0v) is 13.3. The Balaban J connectivity index is 2.65. The van der Waals surface area contributed by atoms with Crippen LogP contribution in [0.25, 0.3) is 0 Å². The first-order chi connectivity index (χ1) is 10.1. The van der Waals surface area contributed by atoms with Crippen molar-refractivity contribution >= 4 is 5.91 Å². The summed E-state index contributed by atoms with van der Waals surface area (Å²) in [5.41, 5.74) is 6.95. The number of carbonyl (C=O) groups excluding carboxylic acids is 1. The van der Waals surface area contributed by atoms with E-state index in [1.807, 2.05) is 44.4 Å². The molecular weight excluding hydrogens is 266 g/mol. The minimum atomic E-state index is -0.609. The molecule has 0 unspecified atom stereocenters. The molecule has 0 fully saturated rings. The van der Waals surface area contributed by atoms with Crippen LogP contribution >= 0.6 is 0 Å². The van der Waals surface area contributed by atoms with E-state index in [-0.39, 0.29) is 5.91 Å². The van der Waals surface area contributed by atoms with Crippen molar-refractivity contribution < 1.29 is 9.53 Å². The Bertz CT molecular complexity index is 409. The Morgan fingerprint density at radius 1 is 1.19 bits per heavy atom. The first-order valence-corrected chi connectivity index (χ1v) is 7.29. The molecule has 5 nitrogen and oxygen atoms in total. The number of methoxy groups -OCH3 is 1. The van der Waals surface area contributed by atoms with Gasteiger partial charge in [0.15, 0.2) is 0 Å². The number of ether oxygens (including phenoxy) is 1. The summed E-state index contributed by atoms with van der Waals surface area (Å²) in [5.74, 6) is -0.0444. The molecule has 1 atom stereocenters. The van der Waals surface area contributed by atoms with Crippen LogP contribution in [-0.4, -0.2) is 63.2 Å². The number of carbonyl (C=O) groups is 1. The lowest BCUT2D eigenvalue weighted by Crippen LogP contribution is -2.41. The number of benzene rings is 1. The maximum Gasteiger partial charge on any atom is 0.244 e. The normalized spacial score (nSPS) is 12.4. The van der Waals surface area contributed by atoms with Crippen molar-refractivity contribution in [2.75, 3.05) is 47.4 Å². The van der Waals surface area contributed by atoms with Gasteiger partial charge in [-0.1, -0.05) is 30.3 Å². The van der Waals surface area contributed by atoms with Crippen molar-refractivity contribution in [3.8, 4) is 0 Å². The Morgan fingerprint density at radius 3 is 2.43 bits per heavy atom. The van der Waals surface area contributed by atoms with Gasteiger partial charge in [0.1, 0.15) is 6.04 Å². The molecule has 0 spiro atoms. The van der Waals surface area contributed by atoms with Crippen LogP contribution in [-0.2, 0) is 9.53 Å². The summed E-state index contributed by atoms with van der Waals surface area (Å²) in [4.78, 5) is 16.5. The lowest BCUT2D eigenvalue weighted by molar-refractivity contribution is -0.133. The van der Waals surface area contributed by atoms with E-state index in [1.54, 1.807) is 12.0 Å². The highest BCUT2D eigenvalue weighted by Crippen LogP contribution is 2.13. The van der Waals surface area contributed by atoms with E-state index in [2.05, 4.69) is 4.90 Å². The fourth-order valence-corrected chi connectivity index (χ4v) is 2.11. The standard InChI is InChI=1S/C16H27N3O2/c1-18(2)10-7-11-19(12-13-21-3)16(20)15(17)14-8-5-4-6-9-14/h4-6,8-9,15H,7,10-13,17H2,1-3H3/t15-/m1/s1. The van der Waals surface area contributed by atoms with E-state index in [9.17, 15) is 4.79 Å². The van der Waals surface area contributed by atoms with Gasteiger partial charge in [-0.2, -0.15) is 0 Å². The lowest BCUT2D eigenvalue weighted by Gasteiger charge is -2.26. The second-order valence-electron chi connectivity index (χ2n) is 5.36. The maximum atomic E-state index is 12.6. The van der Waals surface area contributed by atoms with Crippen molar-refractivity contribution in [1.29, 1.82) is 0 Å². The monoisotopic (exact) mass is 293 g/mol. The summed E-state index contributed by atoms with van der Waals surface area (Å²) < 4.78 is 5.09. The first kappa shape index (κ1) is 17.6. The quantitative estimate of drug-likeness (QED) is 0.741. The van der Waals surface area contributed by atoms with E-state index < -0.39 is 6.04 Å². The Labute approximate surface area is 127 Å². The summed E-state index contributed by atoms with van der Waals surface area (Å²) in [6, 6.07) is 8.87. The van der Waals surface area contributed by atoms with Crippen LogP contribution in [0.5, 0.6) is 0 Å². The van der Waals surface area contributed by atoms with Crippen molar-refractivity contribution in [2.45, 2.75) is 12.5 Å². The van der Waals surface area contributed by atoms with Gasteiger partial charge in [-0.25, -0.2) is 0 Å². The van der Waals surface area contributed by atoms with Crippen molar-refractivity contribution in [1.82, 2.24) is 9.80 Å². The largest absolute Gasteiger partial charge is 0.383 e. The predicted molar refractivity (Wildman–Crippen MR) is 85.0 cm³/mol. The molecule has 2 N–H and O–H groups in total. The molecule has 21 heavy (non-hydrogen) atoms. The molecule has 1 aromatic rings. The molecule has 1 rings (SSSR count). The van der Waals surface area contributed by atoms with E-state index >= 15 is 0 Å². The molecule has 5 heteroatoms. The van der Waals surface area contributed by atoms with Crippen LogP contribution in [0.1, 0.15) is 18.0 Å². The Morgan fingerprint density at radius 2 is 1.86 bits per heavy atom. The van der Waals surface area contributed by atoms with E-state index in [4.69, 9.17) is 10.5 Å². The zero-order valence-electron chi connectivity index (χ0n) is 13.3. The summed E-state index contributed by atoms with van der Waals surface area (Å²) in [6.45, 7) is 2.73. The Kier molecular flexibility index (Phi) is 7.97. The number of nitrogens with zero attached hydrogens (tertiary/aromatic N) is 2. The third-order valence-corrected chi connectivity index (χ3v) is 3.34. The van der Waals surface area contributed by atoms with Crippen molar-refractivity contribution in [3.63, 3.8) is 0 Å². The highest BCUT2D eigenvalue weighted by Gasteiger charge is 2.21. The number of hydrogen-bond donors (Lipinski definition) is 1. The smallest absolute Gasteiger partial charge is 0.244 e. The fraction of sp³-hybridized carbons (Fsp3) is 0.562. The average molecular weight is 293 g/mol. The topological polar surface area (TPSA) is 58.8 Å². The van der Waals surface area contributed by atoms with Gasteiger partial charge < -0.3 is 20.3 Å². The number of amides is 1. The van der Waals surface area contributed by atoms with Gasteiger partial charge >= 0.3 is 0 Å². The molecule has 118 valence electrons. The van der Waals surface area contributed by atoms with Crippen LogP contribution in [0.4, 0.5) is 0 Å². The second-order valence-corrected chi connectivity index (χ2v) is 5.36. The predicted octanol–water partition coefficient (Wildman–Crippen LogP) is 1.11. The minimum Gasteiger partial charge on any atom is -0.383 e. The molecule has 0 aliphatic carbocycles. The van der Waals surface area contributed by atoms with Crippen LogP contribution in [0, 0.1) is 0 Å². The summed E-state index contributed by atoms with van der Waals surface area (Å²) in [6.07, 6.45) is 0.921. The molecule has 0 bridgehead atoms. The third kappa shape index (κ3) is 6.25. The van der Waals surface area contributed by atoms with Gasteiger partial charge in [-0.05, 0) is 32.6 Å². The third-order valence-electron chi connectivity index (χ3n) is 3.34. The van der Waals surface area contributed by atoms with Gasteiger partial charge in [0.05, 0.1) is 6.61 Å². The van der Waals surface area contributed by atoms with Crippen LogP contribution < -0.4 is 5.73 Å². The zero-order chi connectivity index (χ0) is 15.7. The van der Waals surface area contributed by atoms with Gasteiger partial charge in [0.2, 0.25) is 5.91 Å². The summed E-state index contributed by atoms with van der Waals surface area (Å²) in [7, 11) is 5.69. The number of rotatable bonds is 9. The van der Waals surface area contributed by atoms with Crippen molar-refractivity contribution in [3.05, 3.63) is 35.9 Å². The SMILES string of the molecule is COCCN(CCCN(C)C)C(=O)[C@H](N)c1ccccc1. The van der Waals surface area contributed by atoms with Gasteiger partial charge in [0, 0.05) is 20.2 Å². The maximum absolute atomic E-state index is 12.6. The molecule has 0 saturated carbocycles. The molecule has 1 amide bonds. The highest BCUT2D eigenvalue weighted by molar-refractivity contribution is 5.83. The van der Waals surface area contributed by atoms with Gasteiger partial charge in [-0.3, -0.25) is 4.79 Å². The van der Waals surface area contributed by atoms with Crippen LogP contribution in [0.15, 0.2) is 30.3 Å². The van der Waals surface area contributed by atoms with Crippen molar-refractivity contribution in [2.24, 2.45) is 5.73 Å². The van der Waals surface area contributed by atoms with Crippen LogP contribution in [0.2, 0.25) is 0 Å². The number of nitrogens with two attached hydrogens (primary N) is 1. The average Bonchev–Trinajstić information content (AvgIpc) is 2.49. The highest BCUT2D eigenvalue weighted by atomic mass is 16.5. The molecular formula is C16H27N3O2. The molecule has 0 aliphatic heterocycles. The van der Waals surface area contributed by atoms with E-state index in [0.717, 1.165) is 18.5 Å².